The van der Waals surface area contributed by atoms with Crippen molar-refractivity contribution < 1.29 is 28.5 Å². The van der Waals surface area contributed by atoms with E-state index in [2.05, 4.69) is 31.7 Å². The molecule has 1 saturated heterocycles. The smallest absolute Gasteiger partial charge is 0.305 e. The molecule has 12 heteroatoms. The molecule has 4 atom stereocenters. The highest BCUT2D eigenvalue weighted by atomic mass is 16.7. The third-order valence-corrected chi connectivity index (χ3v) is 8.87. The Labute approximate surface area is 251 Å². The lowest BCUT2D eigenvalue weighted by Gasteiger charge is -2.37. The van der Waals surface area contributed by atoms with Gasteiger partial charge in [-0.3, -0.25) is 4.79 Å². The second kappa shape index (κ2) is 12.7. The molecule has 0 spiro atoms. The highest BCUT2D eigenvalue weighted by molar-refractivity contribution is 5.82. The lowest BCUT2D eigenvalue weighted by atomic mass is 9.77. The molecule has 3 heterocycles. The van der Waals surface area contributed by atoms with E-state index in [1.807, 2.05) is 31.5 Å². The van der Waals surface area contributed by atoms with Gasteiger partial charge in [0.25, 0.3) is 5.95 Å². The van der Waals surface area contributed by atoms with Gasteiger partial charge in [-0.2, -0.15) is 0 Å². The minimum atomic E-state index is -0.176. The maximum atomic E-state index is 11.7. The third kappa shape index (κ3) is 6.06. The maximum absolute atomic E-state index is 11.7. The van der Waals surface area contributed by atoms with Gasteiger partial charge in [-0.1, -0.05) is 0 Å². The van der Waals surface area contributed by atoms with Gasteiger partial charge in [0.15, 0.2) is 17.6 Å². The largest absolute Gasteiger partial charge is 0.497 e. The molecule has 1 aliphatic heterocycles. The van der Waals surface area contributed by atoms with Crippen LogP contribution < -0.4 is 20.1 Å². The highest BCUT2D eigenvalue weighted by Gasteiger charge is 2.52. The van der Waals surface area contributed by atoms with E-state index in [0.29, 0.717) is 48.8 Å². The highest BCUT2D eigenvalue weighted by Crippen LogP contribution is 2.45. The van der Waals surface area contributed by atoms with Gasteiger partial charge >= 0.3 is 5.97 Å². The van der Waals surface area contributed by atoms with Gasteiger partial charge in [-0.25, -0.2) is 15.0 Å². The molecule has 230 valence electrons. The van der Waals surface area contributed by atoms with E-state index >= 15 is 0 Å². The fourth-order valence-corrected chi connectivity index (χ4v) is 6.59. The van der Waals surface area contributed by atoms with Crippen LogP contribution >= 0.6 is 0 Å². The molecule has 12 nitrogen and oxygen atoms in total. The number of methoxy groups -OCH3 is 2. The first kappa shape index (κ1) is 29.0. The molecule has 43 heavy (non-hydrogen) atoms. The van der Waals surface area contributed by atoms with Crippen molar-refractivity contribution in [3.05, 3.63) is 48.9 Å². The number of aromatic nitrogens is 4. The predicted molar refractivity (Wildman–Crippen MR) is 159 cm³/mol. The van der Waals surface area contributed by atoms with E-state index in [4.69, 9.17) is 28.7 Å². The number of hydrogen-bond donors (Lipinski definition) is 2. The predicted octanol–water partition coefficient (Wildman–Crippen LogP) is 3.98. The maximum Gasteiger partial charge on any atom is 0.305 e. The van der Waals surface area contributed by atoms with Gasteiger partial charge in [0, 0.05) is 43.1 Å². The number of esters is 1. The Balaban J connectivity index is 1.10. The molecule has 2 N–H and O–H groups in total. The van der Waals surface area contributed by atoms with Crippen molar-refractivity contribution in [2.45, 2.75) is 69.9 Å². The zero-order chi connectivity index (χ0) is 29.9. The van der Waals surface area contributed by atoms with E-state index in [1.54, 1.807) is 20.5 Å². The van der Waals surface area contributed by atoms with Crippen LogP contribution in [0, 0.1) is 11.8 Å². The molecule has 3 aromatic rings. The summed E-state index contributed by atoms with van der Waals surface area (Å²) in [5.74, 6) is 3.18. The van der Waals surface area contributed by atoms with Crippen LogP contribution in [0.25, 0.3) is 11.2 Å². The van der Waals surface area contributed by atoms with Crippen LogP contribution in [0.4, 0.5) is 5.82 Å². The molecule has 6 rings (SSSR count). The van der Waals surface area contributed by atoms with Crippen molar-refractivity contribution in [3.63, 3.8) is 0 Å². The zero-order valence-corrected chi connectivity index (χ0v) is 25.0. The van der Waals surface area contributed by atoms with Gasteiger partial charge in [-0.05, 0) is 57.2 Å². The lowest BCUT2D eigenvalue weighted by molar-refractivity contribution is -0.143. The quantitative estimate of drug-likeness (QED) is 0.280. The number of rotatable bonds is 13. The molecule has 0 unspecified atom stereocenters. The second-order valence-corrected chi connectivity index (χ2v) is 11.5. The fraction of sp³-hybridized carbons (Fsp3) is 0.548. The average Bonchev–Trinajstić information content (AvgIpc) is 3.68. The Bertz CT molecular complexity index is 1460. The number of nitrogens with zero attached hydrogens (tertiary/aromatic N) is 4. The molecular formula is C31H40N6O6. The summed E-state index contributed by atoms with van der Waals surface area (Å²) in [5.41, 5.74) is 2.39. The number of hydrogen-bond acceptors (Lipinski definition) is 11. The number of benzene rings is 1. The standard InChI is InChI=1S/C31H40N6O6/c1-5-41-26(38)9-6-19-10-22(11-19)32-15-21-12-24(29-28(21)42-18(2)43-29)37-17-36-27-30(34-16-35-31(27)37)33-14-20-7-8-23(39-3)13-25(20)40-4/h7-8,13,16-17,19,21-22,24,28-29,32H,2,5-6,9-12,14-15H2,1,3-4H3,(H,33,34,35)/t19?,21-,22?,24-,28-,29+/m1/s1. The van der Waals surface area contributed by atoms with Crippen molar-refractivity contribution in [3.8, 4) is 11.5 Å². The van der Waals surface area contributed by atoms with Crippen molar-refractivity contribution in [1.82, 2.24) is 24.8 Å². The lowest BCUT2D eigenvalue weighted by Crippen LogP contribution is -2.44. The summed E-state index contributed by atoms with van der Waals surface area (Å²) in [7, 11) is 3.27. The van der Waals surface area contributed by atoms with Gasteiger partial charge in [0.05, 0.1) is 33.2 Å². The Kier molecular flexibility index (Phi) is 8.55. The normalized spacial score (nSPS) is 25.9. The number of nitrogens with one attached hydrogen (secondary N) is 2. The van der Waals surface area contributed by atoms with Gasteiger partial charge < -0.3 is 38.9 Å². The van der Waals surface area contributed by atoms with E-state index in [9.17, 15) is 4.79 Å². The van der Waals surface area contributed by atoms with Crippen LogP contribution in [0.15, 0.2) is 43.4 Å². The monoisotopic (exact) mass is 592 g/mol. The summed E-state index contributed by atoms with van der Waals surface area (Å²) >= 11 is 0. The first-order valence-electron chi connectivity index (χ1n) is 15.0. The van der Waals surface area contributed by atoms with Crippen molar-refractivity contribution >= 4 is 23.0 Å². The summed E-state index contributed by atoms with van der Waals surface area (Å²) in [6, 6.07) is 6.17. The number of ether oxygens (including phenoxy) is 5. The molecule has 2 aromatic heterocycles. The van der Waals surface area contributed by atoms with Crippen molar-refractivity contribution in [2.75, 3.05) is 32.7 Å². The van der Waals surface area contributed by atoms with Crippen LogP contribution in [-0.4, -0.2) is 71.1 Å². The number of fused-ring (bicyclic) bond motifs is 2. The summed E-state index contributed by atoms with van der Waals surface area (Å²) < 4.78 is 30.2. The molecule has 0 radical (unpaired) electrons. The van der Waals surface area contributed by atoms with Crippen LogP contribution in [-0.2, 0) is 25.5 Å². The Morgan fingerprint density at radius 3 is 2.74 bits per heavy atom. The minimum absolute atomic E-state index is 0.0100. The van der Waals surface area contributed by atoms with Crippen LogP contribution in [0.5, 0.6) is 11.5 Å². The SMILES string of the molecule is C=C1O[C@@H]2[C@@H](CNC3CC(CCC(=O)OCC)C3)C[C@@H](n3cnc4c(NCc5ccc(OC)cc5OC)ncnc43)[C@@H]2O1. The first-order valence-corrected chi connectivity index (χ1v) is 15.0. The summed E-state index contributed by atoms with van der Waals surface area (Å²) in [4.78, 5) is 25.5. The third-order valence-electron chi connectivity index (χ3n) is 8.87. The molecule has 0 bridgehead atoms. The summed E-state index contributed by atoms with van der Waals surface area (Å²) in [6.45, 7) is 7.54. The molecule has 1 aromatic carbocycles. The van der Waals surface area contributed by atoms with Crippen LogP contribution in [0.3, 0.4) is 0 Å². The second-order valence-electron chi connectivity index (χ2n) is 11.5. The number of anilines is 1. The van der Waals surface area contributed by atoms with Crippen LogP contribution in [0.1, 0.15) is 50.6 Å². The topological polar surface area (TPSA) is 131 Å². The average molecular weight is 593 g/mol. The molecule has 3 fully saturated rings. The van der Waals surface area contributed by atoms with Crippen molar-refractivity contribution in [1.29, 1.82) is 0 Å². The Morgan fingerprint density at radius 2 is 1.95 bits per heavy atom. The van der Waals surface area contributed by atoms with E-state index in [-0.39, 0.29) is 30.1 Å². The Hall–Kier alpha value is -4.06. The Morgan fingerprint density at radius 1 is 1.12 bits per heavy atom. The number of carbonyl (C=O) groups excluding carboxylic acids is 1. The van der Waals surface area contributed by atoms with E-state index in [1.165, 1.54) is 0 Å². The van der Waals surface area contributed by atoms with Gasteiger partial charge in [-0.15, -0.1) is 0 Å². The molecule has 2 saturated carbocycles. The van der Waals surface area contributed by atoms with Gasteiger partial charge in [0.1, 0.15) is 29.4 Å². The minimum Gasteiger partial charge on any atom is -0.497 e. The number of imidazole rings is 1. The summed E-state index contributed by atoms with van der Waals surface area (Å²) in [5, 5.41) is 7.13. The van der Waals surface area contributed by atoms with E-state index in [0.717, 1.165) is 54.9 Å². The zero-order valence-electron chi connectivity index (χ0n) is 25.0. The first-order chi connectivity index (χ1) is 21.0. The van der Waals surface area contributed by atoms with E-state index < -0.39 is 0 Å². The molecule has 0 amide bonds. The summed E-state index contributed by atoms with van der Waals surface area (Å²) in [6.07, 6.45) is 7.51. The molecule has 3 aliphatic rings. The van der Waals surface area contributed by atoms with Gasteiger partial charge in [0.2, 0.25) is 0 Å². The molecule has 2 aliphatic carbocycles. The van der Waals surface area contributed by atoms with Crippen LogP contribution in [0.2, 0.25) is 0 Å². The van der Waals surface area contributed by atoms with Crippen molar-refractivity contribution in [2.24, 2.45) is 11.8 Å². The fourth-order valence-electron chi connectivity index (χ4n) is 6.59. The number of carbonyl (C=O) groups is 1. The molecular weight excluding hydrogens is 552 g/mol.